The molecule has 1 fully saturated rings. The summed E-state index contributed by atoms with van der Waals surface area (Å²) in [5.41, 5.74) is 7.13. The van der Waals surface area contributed by atoms with Gasteiger partial charge in [-0.2, -0.15) is 0 Å². The van der Waals surface area contributed by atoms with Crippen LogP contribution in [0.3, 0.4) is 0 Å². The zero-order valence-electron chi connectivity index (χ0n) is 21.2. The van der Waals surface area contributed by atoms with Gasteiger partial charge in [0.05, 0.1) is 46.7 Å². The van der Waals surface area contributed by atoms with Crippen LogP contribution in [0.5, 0.6) is 0 Å². The Morgan fingerprint density at radius 2 is 1.86 bits per heavy atom. The number of methoxy groups -OCH3 is 1. The van der Waals surface area contributed by atoms with Crippen molar-refractivity contribution in [3.63, 3.8) is 0 Å². The van der Waals surface area contributed by atoms with E-state index in [-0.39, 0.29) is 12.0 Å². The summed E-state index contributed by atoms with van der Waals surface area (Å²) < 4.78 is 15.1. The van der Waals surface area contributed by atoms with E-state index >= 15 is 0 Å². The van der Waals surface area contributed by atoms with Gasteiger partial charge in [0.1, 0.15) is 0 Å². The van der Waals surface area contributed by atoms with E-state index in [2.05, 4.69) is 51.3 Å². The summed E-state index contributed by atoms with van der Waals surface area (Å²) in [7, 11) is 3.30. The second-order valence-electron chi connectivity index (χ2n) is 9.61. The molecule has 1 saturated heterocycles. The first-order valence-electron chi connectivity index (χ1n) is 12.6. The van der Waals surface area contributed by atoms with Crippen LogP contribution in [-0.4, -0.2) is 50.8 Å². The molecule has 1 unspecified atom stereocenters. The van der Waals surface area contributed by atoms with Crippen LogP contribution in [-0.2, 0) is 16.5 Å². The Bertz CT molecular complexity index is 1580. The third kappa shape index (κ3) is 3.88. The van der Waals surface area contributed by atoms with Crippen LogP contribution in [0.1, 0.15) is 40.5 Å². The molecule has 0 saturated carbocycles. The van der Waals surface area contributed by atoms with E-state index in [1.165, 1.54) is 12.7 Å². The molecule has 1 aliphatic heterocycles. The molecule has 8 heteroatoms. The van der Waals surface area contributed by atoms with Crippen molar-refractivity contribution in [1.82, 2.24) is 24.5 Å². The number of hydrogen-bond acceptors (Lipinski definition) is 6. The predicted molar refractivity (Wildman–Crippen MR) is 141 cm³/mol. The fraction of sp³-hybridized carbons (Fsp3) is 0.310. The molecule has 0 amide bonds. The van der Waals surface area contributed by atoms with Gasteiger partial charge in [-0.25, -0.2) is 9.48 Å². The Hall–Kier alpha value is -4.04. The highest BCUT2D eigenvalue weighted by molar-refractivity contribution is 6.16. The number of carbonyl (C=O) groups excluding carboxylic acids is 1. The monoisotopic (exact) mass is 495 g/mol. The number of fused-ring (bicyclic) bond motifs is 3. The van der Waals surface area contributed by atoms with Crippen molar-refractivity contribution in [1.29, 1.82) is 0 Å². The standard InChI is InChI=1S/C29H29N5O3/c1-18-27(33(2)32-31-18)21-16-24-26(30-17-21)25-22(29(35)36-3)10-7-11-23(25)34(24)28(19-8-5-4-6-9-19)20-12-14-37-15-13-20/h4-11,16-17,20,28H,12-15H2,1-3H3. The van der Waals surface area contributed by atoms with E-state index in [4.69, 9.17) is 14.5 Å². The first-order valence-corrected chi connectivity index (χ1v) is 12.6. The summed E-state index contributed by atoms with van der Waals surface area (Å²) in [6, 6.07) is 18.6. The number of carbonyl (C=O) groups is 1. The Labute approximate surface area is 214 Å². The summed E-state index contributed by atoms with van der Waals surface area (Å²) >= 11 is 0. The Balaban J connectivity index is 1.71. The van der Waals surface area contributed by atoms with Gasteiger partial charge in [0.2, 0.25) is 0 Å². The predicted octanol–water partition coefficient (Wildman–Crippen LogP) is 5.10. The molecule has 0 radical (unpaired) electrons. The van der Waals surface area contributed by atoms with Crippen LogP contribution in [0.4, 0.5) is 0 Å². The molecule has 8 nitrogen and oxygen atoms in total. The lowest BCUT2D eigenvalue weighted by atomic mass is 9.86. The van der Waals surface area contributed by atoms with Gasteiger partial charge in [-0.05, 0) is 49.4 Å². The number of hydrogen-bond donors (Lipinski definition) is 0. The molecule has 188 valence electrons. The number of rotatable bonds is 5. The summed E-state index contributed by atoms with van der Waals surface area (Å²) in [6.45, 7) is 3.43. The van der Waals surface area contributed by atoms with Gasteiger partial charge in [-0.3, -0.25) is 4.98 Å². The van der Waals surface area contributed by atoms with Crippen LogP contribution >= 0.6 is 0 Å². The van der Waals surface area contributed by atoms with Crippen molar-refractivity contribution in [3.8, 4) is 11.3 Å². The molecule has 1 aliphatic rings. The van der Waals surface area contributed by atoms with Gasteiger partial charge < -0.3 is 14.0 Å². The summed E-state index contributed by atoms with van der Waals surface area (Å²) in [4.78, 5) is 17.8. The normalized spacial score (nSPS) is 15.3. The molecule has 3 aromatic heterocycles. The number of ether oxygens (including phenoxy) is 2. The molecule has 6 rings (SSSR count). The van der Waals surface area contributed by atoms with Crippen molar-refractivity contribution in [2.45, 2.75) is 25.8 Å². The summed E-state index contributed by atoms with van der Waals surface area (Å²) in [5, 5.41) is 9.25. The smallest absolute Gasteiger partial charge is 0.338 e. The van der Waals surface area contributed by atoms with Crippen LogP contribution in [0.25, 0.3) is 33.2 Å². The van der Waals surface area contributed by atoms with Crippen LogP contribution in [0.2, 0.25) is 0 Å². The number of aryl methyl sites for hydroxylation is 2. The quantitative estimate of drug-likeness (QED) is 0.316. The number of pyridine rings is 1. The van der Waals surface area contributed by atoms with Crippen molar-refractivity contribution in [3.05, 3.63) is 77.6 Å². The van der Waals surface area contributed by atoms with Gasteiger partial charge in [0.15, 0.2) is 0 Å². The maximum absolute atomic E-state index is 12.9. The second-order valence-corrected chi connectivity index (χ2v) is 9.61. The van der Waals surface area contributed by atoms with E-state index < -0.39 is 0 Å². The topological polar surface area (TPSA) is 84.1 Å². The van der Waals surface area contributed by atoms with Crippen LogP contribution in [0, 0.1) is 12.8 Å². The minimum absolute atomic E-state index is 0.0424. The van der Waals surface area contributed by atoms with Gasteiger partial charge in [-0.1, -0.05) is 41.6 Å². The molecule has 0 aliphatic carbocycles. The van der Waals surface area contributed by atoms with E-state index in [1.807, 2.05) is 38.4 Å². The van der Waals surface area contributed by atoms with Gasteiger partial charge >= 0.3 is 5.97 Å². The van der Waals surface area contributed by atoms with Crippen LogP contribution < -0.4 is 0 Å². The zero-order chi connectivity index (χ0) is 25.5. The maximum atomic E-state index is 12.9. The molecule has 2 aromatic carbocycles. The molecule has 0 bridgehead atoms. The molecule has 37 heavy (non-hydrogen) atoms. The Kier molecular flexibility index (Phi) is 5.96. The minimum atomic E-state index is -0.371. The van der Waals surface area contributed by atoms with Crippen molar-refractivity contribution in [2.75, 3.05) is 20.3 Å². The highest BCUT2D eigenvalue weighted by atomic mass is 16.5. The van der Waals surface area contributed by atoms with Crippen LogP contribution in [0.15, 0.2) is 60.8 Å². The number of esters is 1. The lowest BCUT2D eigenvalue weighted by Gasteiger charge is -2.33. The summed E-state index contributed by atoms with van der Waals surface area (Å²) in [6.07, 6.45) is 3.75. The Morgan fingerprint density at radius 1 is 1.08 bits per heavy atom. The van der Waals surface area contributed by atoms with E-state index in [0.717, 1.165) is 64.9 Å². The lowest BCUT2D eigenvalue weighted by molar-refractivity contribution is 0.0553. The first kappa shape index (κ1) is 23.4. The molecule has 5 aromatic rings. The third-order valence-corrected chi connectivity index (χ3v) is 7.47. The van der Waals surface area contributed by atoms with Crippen molar-refractivity contribution >= 4 is 27.9 Å². The molecular weight excluding hydrogens is 466 g/mol. The summed E-state index contributed by atoms with van der Waals surface area (Å²) in [5.74, 6) is -0.00923. The van der Waals surface area contributed by atoms with E-state index in [0.29, 0.717) is 11.5 Å². The highest BCUT2D eigenvalue weighted by Gasteiger charge is 2.31. The van der Waals surface area contributed by atoms with Crippen molar-refractivity contribution < 1.29 is 14.3 Å². The fourth-order valence-corrected chi connectivity index (χ4v) is 5.83. The molecular formula is C29H29N5O3. The van der Waals surface area contributed by atoms with Gasteiger partial charge in [-0.15, -0.1) is 5.10 Å². The fourth-order valence-electron chi connectivity index (χ4n) is 5.83. The number of aromatic nitrogens is 5. The minimum Gasteiger partial charge on any atom is -0.465 e. The third-order valence-electron chi connectivity index (χ3n) is 7.47. The maximum Gasteiger partial charge on any atom is 0.338 e. The van der Waals surface area contributed by atoms with Gasteiger partial charge in [0, 0.05) is 37.4 Å². The molecule has 1 atom stereocenters. The van der Waals surface area contributed by atoms with Gasteiger partial charge in [0.25, 0.3) is 0 Å². The first-order chi connectivity index (χ1) is 18.1. The lowest BCUT2D eigenvalue weighted by Crippen LogP contribution is -2.26. The van der Waals surface area contributed by atoms with E-state index in [9.17, 15) is 4.79 Å². The average Bonchev–Trinajstić information content (AvgIpc) is 3.45. The molecule has 4 heterocycles. The molecule has 0 N–H and O–H groups in total. The second kappa shape index (κ2) is 9.44. The van der Waals surface area contributed by atoms with E-state index in [1.54, 1.807) is 4.68 Å². The number of nitrogens with zero attached hydrogens (tertiary/aromatic N) is 5. The highest BCUT2D eigenvalue weighted by Crippen LogP contribution is 2.42. The SMILES string of the molecule is COC(=O)c1cccc2c1c1ncc(-c3c(C)nnn3C)cc1n2C(c1ccccc1)C1CCOCC1. The number of benzene rings is 2. The zero-order valence-corrected chi connectivity index (χ0v) is 21.2. The average molecular weight is 496 g/mol. The molecule has 0 spiro atoms. The van der Waals surface area contributed by atoms with Crippen molar-refractivity contribution in [2.24, 2.45) is 13.0 Å². The Morgan fingerprint density at radius 3 is 2.57 bits per heavy atom. The largest absolute Gasteiger partial charge is 0.465 e.